The van der Waals surface area contributed by atoms with Gasteiger partial charge >= 0.3 is 11.9 Å². The van der Waals surface area contributed by atoms with Crippen molar-refractivity contribution < 1.29 is 19.1 Å². The molecule has 0 aliphatic rings. The van der Waals surface area contributed by atoms with Gasteiger partial charge in [0.15, 0.2) is 0 Å². The van der Waals surface area contributed by atoms with E-state index in [1.807, 2.05) is 6.07 Å². The van der Waals surface area contributed by atoms with Crippen molar-refractivity contribution in [2.45, 2.75) is 32.6 Å². The molecule has 21 heavy (non-hydrogen) atoms. The average molecular weight is 308 g/mol. The van der Waals surface area contributed by atoms with Crippen LogP contribution in [0.2, 0.25) is 0 Å². The van der Waals surface area contributed by atoms with Gasteiger partial charge in [-0.15, -0.1) is 11.3 Å². The first-order chi connectivity index (χ1) is 10.1. The third-order valence-corrected chi connectivity index (χ3v) is 3.93. The summed E-state index contributed by atoms with van der Waals surface area (Å²) in [7, 11) is 1.34. The molecule has 1 aromatic rings. The van der Waals surface area contributed by atoms with Crippen LogP contribution in [0, 0.1) is 23.3 Å². The van der Waals surface area contributed by atoms with Crippen LogP contribution >= 0.6 is 11.3 Å². The zero-order chi connectivity index (χ0) is 15.7. The molecule has 113 valence electrons. The van der Waals surface area contributed by atoms with E-state index in [1.54, 1.807) is 13.0 Å². The van der Waals surface area contributed by atoms with E-state index in [1.165, 1.54) is 18.4 Å². The highest BCUT2D eigenvalue weighted by molar-refractivity contribution is 7.13. The lowest BCUT2D eigenvalue weighted by atomic mass is 10.0. The molecule has 0 saturated carbocycles. The predicted molar refractivity (Wildman–Crippen MR) is 77.8 cm³/mol. The molecule has 0 N–H and O–H groups in total. The number of carbonyl (C=O) groups excluding carboxylic acids is 2. The van der Waals surface area contributed by atoms with E-state index >= 15 is 0 Å². The van der Waals surface area contributed by atoms with Crippen molar-refractivity contribution in [3.05, 3.63) is 21.9 Å². The Hall–Kier alpha value is -1.87. The van der Waals surface area contributed by atoms with Crippen molar-refractivity contribution in [2.75, 3.05) is 13.7 Å². The number of nitriles is 1. The van der Waals surface area contributed by atoms with Crippen LogP contribution in [0.15, 0.2) is 6.07 Å². The molecule has 5 nitrogen and oxygen atoms in total. The molecule has 0 spiro atoms. The third kappa shape index (κ3) is 5.56. The number of methoxy groups -OCH3 is 1. The van der Waals surface area contributed by atoms with Crippen molar-refractivity contribution in [3.8, 4) is 6.07 Å². The number of hydrogen-bond donors (Lipinski definition) is 0. The van der Waals surface area contributed by atoms with Crippen molar-refractivity contribution in [1.29, 1.82) is 5.26 Å². The zero-order valence-corrected chi connectivity index (χ0v) is 13.0. The summed E-state index contributed by atoms with van der Waals surface area (Å²) in [5, 5.41) is 8.93. The number of thiophene rings is 1. The maximum atomic E-state index is 11.5. The van der Waals surface area contributed by atoms with Gasteiger partial charge < -0.3 is 9.47 Å². The van der Waals surface area contributed by atoms with E-state index < -0.39 is 11.9 Å². The zero-order valence-electron chi connectivity index (χ0n) is 12.2. The number of nitrogens with zero attached hydrogens (tertiary/aromatic N) is 1. The summed E-state index contributed by atoms with van der Waals surface area (Å²) in [4.78, 5) is 24.2. The predicted octanol–water partition coefficient (Wildman–Crippen LogP) is 2.75. The van der Waals surface area contributed by atoms with Gasteiger partial charge in [-0.25, -0.2) is 4.79 Å². The Morgan fingerprint density at radius 1 is 1.48 bits per heavy atom. The minimum Gasteiger partial charge on any atom is -0.465 e. The summed E-state index contributed by atoms with van der Waals surface area (Å²) >= 11 is 1.36. The van der Waals surface area contributed by atoms with Gasteiger partial charge in [0.1, 0.15) is 10.8 Å². The van der Waals surface area contributed by atoms with E-state index in [-0.39, 0.29) is 5.97 Å². The van der Waals surface area contributed by atoms with Crippen molar-refractivity contribution in [3.63, 3.8) is 0 Å². The number of carbonyl (C=O) groups is 2. The molecule has 0 aromatic carbocycles. The minimum absolute atomic E-state index is 0.290. The van der Waals surface area contributed by atoms with Gasteiger partial charge in [0.25, 0.3) is 0 Å². The van der Waals surface area contributed by atoms with Gasteiger partial charge in [-0.05, 0) is 32.3 Å². The van der Waals surface area contributed by atoms with E-state index in [4.69, 9.17) is 10.00 Å². The molecule has 6 heteroatoms. The fourth-order valence-electron chi connectivity index (χ4n) is 1.78. The summed E-state index contributed by atoms with van der Waals surface area (Å²) in [6.07, 6.45) is 2.88. The SMILES string of the molecule is CCOC(=O)C(C#N)CCCCc1c[c]c(C(=O)OC)s1. The summed E-state index contributed by atoms with van der Waals surface area (Å²) in [6.45, 7) is 2.01. The first kappa shape index (κ1) is 17.2. The standard InChI is InChI=1S/C15H18NO4S/c1-3-20-14(17)11(10-16)6-4-5-7-12-8-9-13(21-12)15(18)19-2/h8,11H,3-7H2,1-2H3. The van der Waals surface area contributed by atoms with Crippen LogP contribution in [0.4, 0.5) is 0 Å². The van der Waals surface area contributed by atoms with Crippen LogP contribution in [0.25, 0.3) is 0 Å². The second kappa shape index (κ2) is 9.14. The fourth-order valence-corrected chi connectivity index (χ4v) is 2.69. The summed E-state index contributed by atoms with van der Waals surface area (Å²) < 4.78 is 9.46. The second-order valence-corrected chi connectivity index (χ2v) is 5.49. The molecule has 0 saturated heterocycles. The van der Waals surface area contributed by atoms with Gasteiger partial charge in [-0.2, -0.15) is 5.26 Å². The first-order valence-electron chi connectivity index (χ1n) is 6.77. The van der Waals surface area contributed by atoms with Crippen molar-refractivity contribution >= 4 is 23.3 Å². The Morgan fingerprint density at radius 3 is 2.86 bits per heavy atom. The number of esters is 2. The molecule has 1 radical (unpaired) electrons. The molecule has 0 aliphatic heterocycles. The Labute approximate surface area is 128 Å². The van der Waals surface area contributed by atoms with E-state index in [0.717, 1.165) is 24.1 Å². The molecule has 1 atom stereocenters. The highest BCUT2D eigenvalue weighted by Gasteiger charge is 2.18. The topological polar surface area (TPSA) is 76.4 Å². The fraction of sp³-hybridized carbons (Fsp3) is 0.533. The van der Waals surface area contributed by atoms with Crippen LogP contribution < -0.4 is 0 Å². The molecule has 0 fully saturated rings. The lowest BCUT2D eigenvalue weighted by molar-refractivity contribution is -0.146. The lowest BCUT2D eigenvalue weighted by Gasteiger charge is -2.07. The monoisotopic (exact) mass is 308 g/mol. The second-order valence-electron chi connectivity index (χ2n) is 4.36. The molecular formula is C15H18NO4S. The maximum absolute atomic E-state index is 11.5. The lowest BCUT2D eigenvalue weighted by Crippen LogP contribution is -2.16. The summed E-state index contributed by atoms with van der Waals surface area (Å²) in [5.74, 6) is -1.51. The van der Waals surface area contributed by atoms with E-state index in [9.17, 15) is 9.59 Å². The van der Waals surface area contributed by atoms with Crippen LogP contribution in [0.5, 0.6) is 0 Å². The Bertz CT molecular complexity index is 518. The van der Waals surface area contributed by atoms with Crippen LogP contribution in [0.3, 0.4) is 0 Å². The Morgan fingerprint density at radius 2 is 2.24 bits per heavy atom. The smallest absolute Gasteiger partial charge is 0.348 e. The van der Waals surface area contributed by atoms with Gasteiger partial charge in [0, 0.05) is 10.9 Å². The van der Waals surface area contributed by atoms with Gasteiger partial charge in [0.2, 0.25) is 0 Å². The van der Waals surface area contributed by atoms with Gasteiger partial charge in [-0.1, -0.05) is 6.42 Å². The van der Waals surface area contributed by atoms with Crippen LogP contribution in [0.1, 0.15) is 40.7 Å². The molecule has 0 bridgehead atoms. The number of rotatable bonds is 8. The highest BCUT2D eigenvalue weighted by atomic mass is 32.1. The van der Waals surface area contributed by atoms with Crippen molar-refractivity contribution in [2.24, 2.45) is 5.92 Å². The van der Waals surface area contributed by atoms with Gasteiger partial charge in [0.05, 0.1) is 19.8 Å². The number of hydrogen-bond acceptors (Lipinski definition) is 6. The van der Waals surface area contributed by atoms with Crippen molar-refractivity contribution in [1.82, 2.24) is 0 Å². The molecule has 0 aliphatic carbocycles. The van der Waals surface area contributed by atoms with Crippen LogP contribution in [-0.4, -0.2) is 25.7 Å². The average Bonchev–Trinajstić information content (AvgIpc) is 2.95. The van der Waals surface area contributed by atoms with Crippen LogP contribution in [-0.2, 0) is 20.7 Å². The Balaban J connectivity index is 2.33. The quantitative estimate of drug-likeness (QED) is 0.545. The number of ether oxygens (including phenoxy) is 2. The number of aryl methyl sites for hydroxylation is 1. The molecule has 1 rings (SSSR count). The molecule has 1 aromatic heterocycles. The summed E-state index contributed by atoms with van der Waals surface area (Å²) in [5.41, 5.74) is 0. The normalized spacial score (nSPS) is 11.5. The minimum atomic E-state index is -0.689. The largest absolute Gasteiger partial charge is 0.465 e. The number of unbranched alkanes of at least 4 members (excludes halogenated alkanes) is 1. The van der Waals surface area contributed by atoms with E-state index in [2.05, 4.69) is 10.8 Å². The maximum Gasteiger partial charge on any atom is 0.348 e. The Kier molecular flexibility index (Phi) is 7.48. The van der Waals surface area contributed by atoms with Gasteiger partial charge in [-0.3, -0.25) is 4.79 Å². The summed E-state index contributed by atoms with van der Waals surface area (Å²) in [6, 6.07) is 6.62. The molecule has 0 amide bonds. The molecule has 1 unspecified atom stereocenters. The molecular weight excluding hydrogens is 290 g/mol. The molecule has 1 heterocycles. The highest BCUT2D eigenvalue weighted by Crippen LogP contribution is 2.20. The first-order valence-corrected chi connectivity index (χ1v) is 7.59. The van der Waals surface area contributed by atoms with E-state index in [0.29, 0.717) is 17.9 Å². The third-order valence-electron chi connectivity index (χ3n) is 2.86.